The molecule has 0 aliphatic carbocycles. The number of halogens is 4. The van der Waals surface area contributed by atoms with Gasteiger partial charge in [0.1, 0.15) is 6.54 Å². The van der Waals surface area contributed by atoms with Crippen molar-refractivity contribution in [1.29, 1.82) is 0 Å². The first-order valence-corrected chi connectivity index (χ1v) is 8.37. The van der Waals surface area contributed by atoms with E-state index in [0.717, 1.165) is 12.1 Å². The molecule has 0 aromatic heterocycles. The summed E-state index contributed by atoms with van der Waals surface area (Å²) < 4.78 is 26.4. The molecular formula is C17H13Cl2F2N3O2. The van der Waals surface area contributed by atoms with Crippen LogP contribution in [0, 0.1) is 11.6 Å². The van der Waals surface area contributed by atoms with E-state index in [2.05, 4.69) is 5.32 Å². The van der Waals surface area contributed by atoms with Crippen LogP contribution in [0.3, 0.4) is 0 Å². The Bertz CT molecular complexity index is 879. The molecule has 2 aromatic rings. The second kappa shape index (κ2) is 7.47. The molecule has 0 saturated carbocycles. The zero-order chi connectivity index (χ0) is 18.8. The number of carbonyl (C=O) groups excluding carboxylic acids is 2. The van der Waals surface area contributed by atoms with Crippen molar-refractivity contribution in [2.24, 2.45) is 0 Å². The van der Waals surface area contributed by atoms with Gasteiger partial charge in [0.15, 0.2) is 11.6 Å². The number of nitrogens with zero attached hydrogens (tertiary/aromatic N) is 2. The summed E-state index contributed by atoms with van der Waals surface area (Å²) in [6.07, 6.45) is 0. The second-order valence-corrected chi connectivity index (χ2v) is 6.47. The fourth-order valence-electron chi connectivity index (χ4n) is 2.58. The van der Waals surface area contributed by atoms with E-state index in [0.29, 0.717) is 10.7 Å². The van der Waals surface area contributed by atoms with Crippen molar-refractivity contribution in [3.05, 3.63) is 58.1 Å². The van der Waals surface area contributed by atoms with E-state index in [4.69, 9.17) is 23.2 Å². The van der Waals surface area contributed by atoms with E-state index in [-0.39, 0.29) is 30.3 Å². The third-order valence-corrected chi connectivity index (χ3v) is 4.40. The summed E-state index contributed by atoms with van der Waals surface area (Å²) in [6, 6.07) is 7.38. The maximum absolute atomic E-state index is 13.4. The molecule has 9 heteroatoms. The monoisotopic (exact) mass is 399 g/mol. The van der Waals surface area contributed by atoms with Gasteiger partial charge in [0.2, 0.25) is 5.91 Å². The van der Waals surface area contributed by atoms with Gasteiger partial charge in [-0.1, -0.05) is 23.2 Å². The third kappa shape index (κ3) is 3.89. The van der Waals surface area contributed by atoms with E-state index < -0.39 is 23.6 Å². The first-order valence-electron chi connectivity index (χ1n) is 7.61. The molecule has 0 atom stereocenters. The number of benzene rings is 2. The zero-order valence-corrected chi connectivity index (χ0v) is 14.8. The Hall–Kier alpha value is -2.38. The molecule has 1 aliphatic rings. The van der Waals surface area contributed by atoms with Crippen molar-refractivity contribution in [1.82, 2.24) is 4.90 Å². The van der Waals surface area contributed by atoms with Gasteiger partial charge in [0.05, 0.1) is 10.7 Å². The number of anilines is 2. The first-order chi connectivity index (χ1) is 12.3. The molecule has 0 radical (unpaired) electrons. The van der Waals surface area contributed by atoms with Crippen molar-refractivity contribution in [2.45, 2.75) is 0 Å². The number of carbonyl (C=O) groups is 2. The molecule has 3 rings (SSSR count). The third-order valence-electron chi connectivity index (χ3n) is 3.85. The lowest BCUT2D eigenvalue weighted by Crippen LogP contribution is -2.37. The van der Waals surface area contributed by atoms with Gasteiger partial charge >= 0.3 is 6.03 Å². The van der Waals surface area contributed by atoms with Crippen LogP contribution < -0.4 is 10.2 Å². The Morgan fingerprint density at radius 2 is 1.85 bits per heavy atom. The van der Waals surface area contributed by atoms with Crippen LogP contribution in [0.5, 0.6) is 0 Å². The molecule has 0 bridgehead atoms. The fourth-order valence-corrected chi connectivity index (χ4v) is 3.03. The minimum Gasteiger partial charge on any atom is -0.323 e. The molecule has 1 saturated heterocycles. The summed E-state index contributed by atoms with van der Waals surface area (Å²) in [5, 5.41) is 3.32. The van der Waals surface area contributed by atoms with Crippen molar-refractivity contribution in [3.63, 3.8) is 0 Å². The summed E-state index contributed by atoms with van der Waals surface area (Å²) in [5.41, 5.74) is 0.614. The Balaban J connectivity index is 1.64. The predicted molar refractivity (Wildman–Crippen MR) is 95.8 cm³/mol. The molecule has 0 spiro atoms. The lowest BCUT2D eigenvalue weighted by Gasteiger charge is -2.18. The van der Waals surface area contributed by atoms with Crippen molar-refractivity contribution in [2.75, 3.05) is 29.9 Å². The largest absolute Gasteiger partial charge is 0.325 e. The number of amides is 3. The average Bonchev–Trinajstić information content (AvgIpc) is 2.93. The summed E-state index contributed by atoms with van der Waals surface area (Å²) in [5.74, 6) is -2.46. The number of hydrogen-bond donors (Lipinski definition) is 1. The highest BCUT2D eigenvalue weighted by Crippen LogP contribution is 2.26. The Labute approximate surface area is 158 Å². The highest BCUT2D eigenvalue weighted by molar-refractivity contribution is 6.36. The highest BCUT2D eigenvalue weighted by atomic mass is 35.5. The molecule has 0 unspecified atom stereocenters. The van der Waals surface area contributed by atoms with Crippen molar-refractivity contribution in [3.8, 4) is 0 Å². The van der Waals surface area contributed by atoms with Crippen LogP contribution in [0.15, 0.2) is 36.4 Å². The number of hydrogen-bond acceptors (Lipinski definition) is 2. The Morgan fingerprint density at radius 1 is 1.08 bits per heavy atom. The van der Waals surface area contributed by atoms with Crippen LogP contribution in [-0.4, -0.2) is 36.5 Å². The summed E-state index contributed by atoms with van der Waals surface area (Å²) in [6.45, 7) is 0.344. The molecule has 5 nitrogen and oxygen atoms in total. The van der Waals surface area contributed by atoms with E-state index in [1.54, 1.807) is 12.1 Å². The van der Waals surface area contributed by atoms with E-state index in [9.17, 15) is 18.4 Å². The van der Waals surface area contributed by atoms with Gasteiger partial charge in [-0.25, -0.2) is 13.6 Å². The zero-order valence-electron chi connectivity index (χ0n) is 13.3. The average molecular weight is 400 g/mol. The van der Waals surface area contributed by atoms with Crippen LogP contribution in [-0.2, 0) is 4.79 Å². The van der Waals surface area contributed by atoms with Crippen LogP contribution >= 0.6 is 23.2 Å². The van der Waals surface area contributed by atoms with Crippen LogP contribution in [0.4, 0.5) is 25.0 Å². The fraction of sp³-hybridized carbons (Fsp3) is 0.176. The Morgan fingerprint density at radius 3 is 2.54 bits per heavy atom. The summed E-state index contributed by atoms with van der Waals surface area (Å²) >= 11 is 11.8. The molecule has 2 aromatic carbocycles. The maximum Gasteiger partial charge on any atom is 0.325 e. The molecule has 1 N–H and O–H groups in total. The molecular weight excluding hydrogens is 387 g/mol. The number of rotatable bonds is 4. The minimum atomic E-state index is -1.04. The summed E-state index contributed by atoms with van der Waals surface area (Å²) in [4.78, 5) is 27.2. The maximum atomic E-state index is 13.4. The van der Waals surface area contributed by atoms with E-state index in [1.807, 2.05) is 0 Å². The van der Waals surface area contributed by atoms with Gasteiger partial charge in [-0.2, -0.15) is 0 Å². The smallest absolute Gasteiger partial charge is 0.323 e. The molecule has 3 amide bonds. The number of urea groups is 1. The van der Waals surface area contributed by atoms with Gasteiger partial charge < -0.3 is 10.2 Å². The van der Waals surface area contributed by atoms with Gasteiger partial charge in [0, 0.05) is 29.9 Å². The lowest BCUT2D eigenvalue weighted by molar-refractivity contribution is -0.116. The van der Waals surface area contributed by atoms with E-state index in [1.165, 1.54) is 21.9 Å². The standard InChI is InChI=1S/C17H13Cl2F2N3O2/c18-10-1-4-15(12(19)7-10)22-16(25)9-23-5-6-24(17(23)26)11-2-3-13(20)14(21)8-11/h1-4,7-8H,5-6,9H2,(H,22,25). The minimum absolute atomic E-state index is 0.196. The first kappa shape index (κ1) is 18.4. The lowest BCUT2D eigenvalue weighted by atomic mass is 10.3. The normalized spacial score (nSPS) is 14.1. The molecule has 1 heterocycles. The van der Waals surface area contributed by atoms with Crippen LogP contribution in [0.25, 0.3) is 0 Å². The summed E-state index contributed by atoms with van der Waals surface area (Å²) in [7, 11) is 0. The molecule has 1 aliphatic heterocycles. The quantitative estimate of drug-likeness (QED) is 0.839. The van der Waals surface area contributed by atoms with Crippen molar-refractivity contribution >= 4 is 46.5 Å². The molecule has 1 fully saturated rings. The second-order valence-electron chi connectivity index (χ2n) is 5.63. The van der Waals surface area contributed by atoms with Crippen LogP contribution in [0.1, 0.15) is 0 Å². The SMILES string of the molecule is O=C(CN1CCN(c2ccc(F)c(F)c2)C1=O)Nc1ccc(Cl)cc1Cl. The van der Waals surface area contributed by atoms with Gasteiger partial charge in [-0.3, -0.25) is 9.69 Å². The van der Waals surface area contributed by atoms with Gasteiger partial charge in [0.25, 0.3) is 0 Å². The molecule has 26 heavy (non-hydrogen) atoms. The van der Waals surface area contributed by atoms with Gasteiger partial charge in [-0.05, 0) is 30.3 Å². The topological polar surface area (TPSA) is 52.7 Å². The van der Waals surface area contributed by atoms with Crippen LogP contribution in [0.2, 0.25) is 10.0 Å². The predicted octanol–water partition coefficient (Wildman–Crippen LogP) is 4.15. The number of nitrogens with one attached hydrogen (secondary N) is 1. The van der Waals surface area contributed by atoms with Gasteiger partial charge in [-0.15, -0.1) is 0 Å². The Kier molecular flexibility index (Phi) is 5.29. The van der Waals surface area contributed by atoms with Crippen molar-refractivity contribution < 1.29 is 18.4 Å². The highest BCUT2D eigenvalue weighted by Gasteiger charge is 2.31. The van der Waals surface area contributed by atoms with E-state index >= 15 is 0 Å². The molecule has 136 valence electrons.